The van der Waals surface area contributed by atoms with Crippen molar-refractivity contribution in [3.05, 3.63) is 58.3 Å². The first-order chi connectivity index (χ1) is 11.0. The van der Waals surface area contributed by atoms with Gasteiger partial charge in [-0.1, -0.05) is 18.2 Å². The van der Waals surface area contributed by atoms with Gasteiger partial charge in [0.2, 0.25) is 5.91 Å². The summed E-state index contributed by atoms with van der Waals surface area (Å²) >= 11 is 1.63. The van der Waals surface area contributed by atoms with E-state index in [1.54, 1.807) is 53.6 Å². The molecule has 2 N–H and O–H groups in total. The highest BCUT2D eigenvalue weighted by molar-refractivity contribution is 7.09. The van der Waals surface area contributed by atoms with Crippen LogP contribution in [-0.2, 0) is 16.1 Å². The van der Waals surface area contributed by atoms with E-state index in [1.165, 1.54) is 6.08 Å². The van der Waals surface area contributed by atoms with E-state index in [4.69, 9.17) is 10.5 Å². The maximum atomic E-state index is 12.1. The Balaban J connectivity index is 1.88. The third-order valence-electron chi connectivity index (χ3n) is 3.03. The van der Waals surface area contributed by atoms with Crippen molar-refractivity contribution in [1.82, 2.24) is 4.90 Å². The highest BCUT2D eigenvalue weighted by Gasteiger charge is 2.06. The number of rotatable bonds is 7. The number of amides is 2. The molecule has 0 unspecified atom stereocenters. The summed E-state index contributed by atoms with van der Waals surface area (Å²) in [6, 6.07) is 11.0. The van der Waals surface area contributed by atoms with Crippen molar-refractivity contribution < 1.29 is 14.3 Å². The van der Waals surface area contributed by atoms with Crippen LogP contribution in [0.4, 0.5) is 0 Å². The van der Waals surface area contributed by atoms with Gasteiger partial charge in [-0.25, -0.2) is 0 Å². The number of hydrogen-bond donors (Lipinski definition) is 1. The van der Waals surface area contributed by atoms with Gasteiger partial charge in [-0.15, -0.1) is 11.3 Å². The van der Waals surface area contributed by atoms with Gasteiger partial charge in [-0.05, 0) is 35.2 Å². The fraction of sp³-hybridized carbons (Fsp3) is 0.176. The standard InChI is InChI=1S/C17H18N2O3S/c1-19(11-15-3-2-10-23-15)17(21)9-6-13-4-7-14(8-5-13)22-12-16(18)20/h2-10H,11-12H2,1H3,(H2,18,20). The lowest BCUT2D eigenvalue weighted by Gasteiger charge is -2.13. The number of thiophene rings is 1. The molecule has 120 valence electrons. The average molecular weight is 330 g/mol. The number of primary amides is 1. The van der Waals surface area contributed by atoms with E-state index in [-0.39, 0.29) is 12.5 Å². The van der Waals surface area contributed by atoms with Gasteiger partial charge in [-0.3, -0.25) is 9.59 Å². The summed E-state index contributed by atoms with van der Waals surface area (Å²) < 4.78 is 5.17. The van der Waals surface area contributed by atoms with E-state index in [1.807, 2.05) is 17.5 Å². The van der Waals surface area contributed by atoms with Gasteiger partial charge < -0.3 is 15.4 Å². The summed E-state index contributed by atoms with van der Waals surface area (Å²) in [4.78, 5) is 25.5. The van der Waals surface area contributed by atoms with Gasteiger partial charge in [0.15, 0.2) is 6.61 Å². The van der Waals surface area contributed by atoms with Crippen LogP contribution in [0.2, 0.25) is 0 Å². The molecular formula is C17H18N2O3S. The molecule has 0 saturated carbocycles. The highest BCUT2D eigenvalue weighted by Crippen LogP contribution is 2.14. The Morgan fingerprint density at radius 1 is 1.26 bits per heavy atom. The van der Waals surface area contributed by atoms with Crippen LogP contribution >= 0.6 is 11.3 Å². The Morgan fingerprint density at radius 3 is 2.61 bits per heavy atom. The van der Waals surface area contributed by atoms with Gasteiger partial charge in [-0.2, -0.15) is 0 Å². The fourth-order valence-corrected chi connectivity index (χ4v) is 2.60. The monoisotopic (exact) mass is 330 g/mol. The number of carbonyl (C=O) groups excluding carboxylic acids is 2. The molecule has 0 atom stereocenters. The number of carbonyl (C=O) groups is 2. The van der Waals surface area contributed by atoms with Gasteiger partial charge in [0, 0.05) is 18.0 Å². The molecule has 1 aromatic carbocycles. The summed E-state index contributed by atoms with van der Waals surface area (Å²) in [5.74, 6) is -0.0251. The molecule has 6 heteroatoms. The first kappa shape index (κ1) is 16.8. The Hall–Kier alpha value is -2.60. The van der Waals surface area contributed by atoms with Crippen molar-refractivity contribution in [2.24, 2.45) is 5.73 Å². The van der Waals surface area contributed by atoms with Crippen molar-refractivity contribution >= 4 is 29.2 Å². The lowest BCUT2D eigenvalue weighted by atomic mass is 10.2. The summed E-state index contributed by atoms with van der Waals surface area (Å²) in [7, 11) is 1.77. The van der Waals surface area contributed by atoms with Crippen molar-refractivity contribution in [3.8, 4) is 5.75 Å². The molecule has 0 aliphatic carbocycles. The lowest BCUT2D eigenvalue weighted by Crippen LogP contribution is -2.23. The number of likely N-dealkylation sites (N-methyl/N-ethyl adjacent to an activating group) is 1. The smallest absolute Gasteiger partial charge is 0.255 e. The van der Waals surface area contributed by atoms with Crippen LogP contribution in [0.3, 0.4) is 0 Å². The summed E-state index contributed by atoms with van der Waals surface area (Å²) in [5.41, 5.74) is 5.88. The minimum atomic E-state index is -0.520. The molecule has 2 amide bonds. The van der Waals surface area contributed by atoms with Crippen LogP contribution in [0.15, 0.2) is 47.9 Å². The minimum Gasteiger partial charge on any atom is -0.484 e. The zero-order valence-corrected chi connectivity index (χ0v) is 13.6. The third-order valence-corrected chi connectivity index (χ3v) is 3.89. The maximum absolute atomic E-state index is 12.1. The van der Waals surface area contributed by atoms with Gasteiger partial charge in [0.1, 0.15) is 5.75 Å². The maximum Gasteiger partial charge on any atom is 0.255 e. The minimum absolute atomic E-state index is 0.0625. The molecule has 2 rings (SSSR count). The van der Waals surface area contributed by atoms with Crippen molar-refractivity contribution in [2.75, 3.05) is 13.7 Å². The predicted octanol–water partition coefficient (Wildman–Crippen LogP) is 2.28. The highest BCUT2D eigenvalue weighted by atomic mass is 32.1. The van der Waals surface area contributed by atoms with Crippen LogP contribution in [0.1, 0.15) is 10.4 Å². The molecule has 0 radical (unpaired) electrons. The van der Waals surface area contributed by atoms with E-state index in [0.29, 0.717) is 12.3 Å². The van der Waals surface area contributed by atoms with Crippen molar-refractivity contribution in [3.63, 3.8) is 0 Å². The Kier molecular flexibility index (Phi) is 5.94. The van der Waals surface area contributed by atoms with E-state index < -0.39 is 5.91 Å². The summed E-state index contributed by atoms with van der Waals surface area (Å²) in [5, 5.41) is 1.99. The second-order valence-corrected chi connectivity index (χ2v) is 5.96. The Bertz CT molecular complexity index is 678. The molecule has 0 bridgehead atoms. The molecule has 0 saturated heterocycles. The van der Waals surface area contributed by atoms with Crippen LogP contribution in [0.25, 0.3) is 6.08 Å². The third kappa shape index (κ3) is 5.60. The number of benzene rings is 1. The van der Waals surface area contributed by atoms with E-state index >= 15 is 0 Å². The fourth-order valence-electron chi connectivity index (χ4n) is 1.84. The number of ether oxygens (including phenoxy) is 1. The second-order valence-electron chi connectivity index (χ2n) is 4.93. The largest absolute Gasteiger partial charge is 0.484 e. The summed E-state index contributed by atoms with van der Waals surface area (Å²) in [6.45, 7) is 0.446. The van der Waals surface area contributed by atoms with E-state index in [9.17, 15) is 9.59 Å². The quantitative estimate of drug-likeness (QED) is 0.792. The molecule has 0 aliphatic heterocycles. The van der Waals surface area contributed by atoms with Gasteiger partial charge >= 0.3 is 0 Å². The number of nitrogens with two attached hydrogens (primary N) is 1. The van der Waals surface area contributed by atoms with Crippen molar-refractivity contribution in [1.29, 1.82) is 0 Å². The number of nitrogens with zero attached hydrogens (tertiary/aromatic N) is 1. The Morgan fingerprint density at radius 2 is 2.00 bits per heavy atom. The Labute approximate surface area is 139 Å². The molecule has 1 aromatic heterocycles. The number of hydrogen-bond acceptors (Lipinski definition) is 4. The zero-order chi connectivity index (χ0) is 16.7. The zero-order valence-electron chi connectivity index (χ0n) is 12.8. The topological polar surface area (TPSA) is 72.6 Å². The molecule has 2 aromatic rings. The molecule has 5 nitrogen and oxygen atoms in total. The lowest BCUT2D eigenvalue weighted by molar-refractivity contribution is -0.125. The molecular weight excluding hydrogens is 312 g/mol. The van der Waals surface area contributed by atoms with Crippen LogP contribution in [-0.4, -0.2) is 30.4 Å². The van der Waals surface area contributed by atoms with Gasteiger partial charge in [0.25, 0.3) is 5.91 Å². The van der Waals surface area contributed by atoms with Crippen molar-refractivity contribution in [2.45, 2.75) is 6.54 Å². The van der Waals surface area contributed by atoms with Crippen LogP contribution in [0.5, 0.6) is 5.75 Å². The average Bonchev–Trinajstić information content (AvgIpc) is 3.04. The molecule has 0 aliphatic rings. The molecule has 0 fully saturated rings. The first-order valence-corrected chi connectivity index (χ1v) is 7.89. The SMILES string of the molecule is CN(Cc1cccs1)C(=O)C=Cc1ccc(OCC(N)=O)cc1. The van der Waals surface area contributed by atoms with E-state index in [0.717, 1.165) is 10.4 Å². The first-order valence-electron chi connectivity index (χ1n) is 7.01. The normalized spacial score (nSPS) is 10.7. The molecule has 23 heavy (non-hydrogen) atoms. The second kappa shape index (κ2) is 8.14. The van der Waals surface area contributed by atoms with Gasteiger partial charge in [0.05, 0.1) is 6.54 Å². The van der Waals surface area contributed by atoms with E-state index in [2.05, 4.69) is 0 Å². The molecule has 0 spiro atoms. The summed E-state index contributed by atoms with van der Waals surface area (Å²) in [6.07, 6.45) is 3.28. The predicted molar refractivity (Wildman–Crippen MR) is 91.0 cm³/mol. The van der Waals surface area contributed by atoms with Crippen LogP contribution < -0.4 is 10.5 Å². The molecule has 1 heterocycles. The van der Waals surface area contributed by atoms with Crippen LogP contribution in [0, 0.1) is 0 Å².